The first kappa shape index (κ1) is 20.4. The average Bonchev–Trinajstić information content (AvgIpc) is 2.71. The number of ether oxygens (including phenoxy) is 1. The molecule has 0 radical (unpaired) electrons. The summed E-state index contributed by atoms with van der Waals surface area (Å²) in [4.78, 5) is 25.1. The van der Waals surface area contributed by atoms with E-state index in [9.17, 15) is 9.59 Å². The Morgan fingerprint density at radius 1 is 1.07 bits per heavy atom. The van der Waals surface area contributed by atoms with Gasteiger partial charge in [0, 0.05) is 18.2 Å². The molecule has 0 spiro atoms. The first-order chi connectivity index (χ1) is 14.1. The molecule has 0 bridgehead atoms. The number of benzene rings is 2. The summed E-state index contributed by atoms with van der Waals surface area (Å²) in [6, 6.07) is 18.4. The predicted molar refractivity (Wildman–Crippen MR) is 111 cm³/mol. The molecule has 0 atom stereocenters. The fraction of sp³-hybridized carbons (Fsp3) is 0.217. The SMILES string of the molecule is Cc1cc(CCc2ccccc2)oc(=O)c1C(=O)Nc1cccc(OCCO)c1. The van der Waals surface area contributed by atoms with Gasteiger partial charge in [0.1, 0.15) is 23.7 Å². The molecule has 0 aliphatic heterocycles. The number of amides is 1. The van der Waals surface area contributed by atoms with Gasteiger partial charge in [-0.15, -0.1) is 0 Å². The van der Waals surface area contributed by atoms with Crippen molar-refractivity contribution in [1.82, 2.24) is 0 Å². The highest BCUT2D eigenvalue weighted by molar-refractivity contribution is 6.04. The normalized spacial score (nSPS) is 10.6. The first-order valence-corrected chi connectivity index (χ1v) is 9.39. The molecule has 2 N–H and O–H groups in total. The highest BCUT2D eigenvalue weighted by Gasteiger charge is 2.17. The van der Waals surface area contributed by atoms with E-state index in [1.807, 2.05) is 30.3 Å². The van der Waals surface area contributed by atoms with E-state index in [0.717, 1.165) is 12.0 Å². The number of carbonyl (C=O) groups excluding carboxylic acids is 1. The molecular formula is C23H23NO5. The molecular weight excluding hydrogens is 370 g/mol. The molecule has 150 valence electrons. The number of aliphatic hydroxyl groups is 1. The molecule has 2 aromatic carbocycles. The molecule has 0 unspecified atom stereocenters. The van der Waals surface area contributed by atoms with Crippen molar-refractivity contribution in [3.05, 3.63) is 93.5 Å². The summed E-state index contributed by atoms with van der Waals surface area (Å²) in [6.07, 6.45) is 1.32. The van der Waals surface area contributed by atoms with Crippen LogP contribution in [0.5, 0.6) is 5.75 Å². The van der Waals surface area contributed by atoms with Crippen molar-refractivity contribution in [3.8, 4) is 5.75 Å². The Bertz CT molecular complexity index is 1030. The molecule has 29 heavy (non-hydrogen) atoms. The molecule has 1 heterocycles. The van der Waals surface area contributed by atoms with Gasteiger partial charge in [0.25, 0.3) is 5.91 Å². The van der Waals surface area contributed by atoms with Gasteiger partial charge >= 0.3 is 5.63 Å². The Balaban J connectivity index is 1.71. The number of rotatable bonds is 8. The molecule has 3 rings (SSSR count). The fourth-order valence-electron chi connectivity index (χ4n) is 3.00. The van der Waals surface area contributed by atoms with Crippen molar-refractivity contribution in [2.75, 3.05) is 18.5 Å². The molecule has 1 aromatic heterocycles. The number of carbonyl (C=O) groups is 1. The third-order valence-corrected chi connectivity index (χ3v) is 4.38. The largest absolute Gasteiger partial charge is 0.491 e. The van der Waals surface area contributed by atoms with E-state index in [4.69, 9.17) is 14.3 Å². The summed E-state index contributed by atoms with van der Waals surface area (Å²) in [6.45, 7) is 1.77. The van der Waals surface area contributed by atoms with E-state index >= 15 is 0 Å². The van der Waals surface area contributed by atoms with Crippen LogP contribution >= 0.6 is 0 Å². The summed E-state index contributed by atoms with van der Waals surface area (Å²) < 4.78 is 10.7. The Morgan fingerprint density at radius 2 is 1.86 bits per heavy atom. The van der Waals surface area contributed by atoms with E-state index in [1.54, 1.807) is 37.3 Å². The van der Waals surface area contributed by atoms with Gasteiger partial charge in [0.2, 0.25) is 0 Å². The van der Waals surface area contributed by atoms with Crippen LogP contribution in [0.1, 0.15) is 27.2 Å². The van der Waals surface area contributed by atoms with Crippen LogP contribution in [-0.4, -0.2) is 24.2 Å². The monoisotopic (exact) mass is 393 g/mol. The molecule has 0 aliphatic carbocycles. The van der Waals surface area contributed by atoms with E-state index < -0.39 is 11.5 Å². The van der Waals surface area contributed by atoms with Crippen molar-refractivity contribution in [2.45, 2.75) is 19.8 Å². The molecule has 1 amide bonds. The number of hydrogen-bond acceptors (Lipinski definition) is 5. The lowest BCUT2D eigenvalue weighted by Gasteiger charge is -2.10. The lowest BCUT2D eigenvalue weighted by Crippen LogP contribution is -2.23. The minimum atomic E-state index is -0.654. The Morgan fingerprint density at radius 3 is 2.59 bits per heavy atom. The summed E-state index contributed by atoms with van der Waals surface area (Å²) in [5, 5.41) is 11.5. The van der Waals surface area contributed by atoms with Gasteiger partial charge in [-0.3, -0.25) is 4.79 Å². The van der Waals surface area contributed by atoms with E-state index in [-0.39, 0.29) is 18.8 Å². The van der Waals surface area contributed by atoms with Gasteiger partial charge in [-0.05, 0) is 42.7 Å². The van der Waals surface area contributed by atoms with Crippen LogP contribution in [0.2, 0.25) is 0 Å². The van der Waals surface area contributed by atoms with E-state index in [0.29, 0.717) is 29.2 Å². The number of hydrogen-bond donors (Lipinski definition) is 2. The smallest absolute Gasteiger partial charge is 0.349 e. The van der Waals surface area contributed by atoms with Crippen LogP contribution in [0.25, 0.3) is 0 Å². The maximum Gasteiger partial charge on any atom is 0.349 e. The molecule has 0 fully saturated rings. The minimum absolute atomic E-state index is 0.0184. The lowest BCUT2D eigenvalue weighted by molar-refractivity contribution is 0.102. The van der Waals surface area contributed by atoms with Gasteiger partial charge in [-0.1, -0.05) is 36.4 Å². The minimum Gasteiger partial charge on any atom is -0.491 e. The second-order valence-corrected chi connectivity index (χ2v) is 6.60. The second-order valence-electron chi connectivity index (χ2n) is 6.60. The number of nitrogens with one attached hydrogen (secondary N) is 1. The van der Waals surface area contributed by atoms with Crippen LogP contribution < -0.4 is 15.7 Å². The van der Waals surface area contributed by atoms with Gasteiger partial charge in [0.05, 0.1) is 6.61 Å². The van der Waals surface area contributed by atoms with E-state index in [1.165, 1.54) is 0 Å². The zero-order valence-corrected chi connectivity index (χ0v) is 16.2. The van der Waals surface area contributed by atoms with Crippen LogP contribution in [0, 0.1) is 6.92 Å². The van der Waals surface area contributed by atoms with Crippen LogP contribution in [0.4, 0.5) is 5.69 Å². The van der Waals surface area contributed by atoms with Crippen molar-refractivity contribution in [1.29, 1.82) is 0 Å². The standard InChI is InChI=1S/C23H23NO5/c1-16-14-20(11-10-17-6-3-2-4-7-17)29-23(27)21(16)22(26)24-18-8-5-9-19(15-18)28-13-12-25/h2-9,14-15,25H,10-13H2,1H3,(H,24,26). The van der Waals surface area contributed by atoms with E-state index in [2.05, 4.69) is 5.32 Å². The number of aryl methyl sites for hydroxylation is 3. The topological polar surface area (TPSA) is 88.8 Å². The predicted octanol–water partition coefficient (Wildman–Crippen LogP) is 3.36. The van der Waals surface area contributed by atoms with Gasteiger partial charge < -0.3 is 19.6 Å². The molecule has 3 aromatic rings. The Labute approximate surface area is 168 Å². The summed E-state index contributed by atoms with van der Waals surface area (Å²) >= 11 is 0. The Kier molecular flexibility index (Phi) is 6.81. The average molecular weight is 393 g/mol. The van der Waals surface area contributed by atoms with Crippen molar-refractivity contribution in [2.24, 2.45) is 0 Å². The summed E-state index contributed by atoms with van der Waals surface area (Å²) in [5.41, 5.74) is 1.53. The maximum atomic E-state index is 12.6. The lowest BCUT2D eigenvalue weighted by atomic mass is 10.1. The zero-order chi connectivity index (χ0) is 20.6. The quantitative estimate of drug-likeness (QED) is 0.613. The molecule has 0 saturated heterocycles. The van der Waals surface area contributed by atoms with Gasteiger partial charge in [0.15, 0.2) is 0 Å². The van der Waals surface area contributed by atoms with Crippen molar-refractivity contribution >= 4 is 11.6 Å². The molecule has 6 nitrogen and oxygen atoms in total. The van der Waals surface area contributed by atoms with Crippen molar-refractivity contribution < 1.29 is 19.1 Å². The number of anilines is 1. The van der Waals surface area contributed by atoms with Crippen LogP contribution in [-0.2, 0) is 12.8 Å². The van der Waals surface area contributed by atoms with Crippen LogP contribution in [0.3, 0.4) is 0 Å². The Hall–Kier alpha value is -3.38. The second kappa shape index (κ2) is 9.71. The van der Waals surface area contributed by atoms with Crippen LogP contribution in [0.15, 0.2) is 69.9 Å². The highest BCUT2D eigenvalue weighted by atomic mass is 16.5. The molecule has 0 aliphatic rings. The fourth-order valence-corrected chi connectivity index (χ4v) is 3.00. The third kappa shape index (κ3) is 5.56. The first-order valence-electron chi connectivity index (χ1n) is 9.39. The van der Waals surface area contributed by atoms with Gasteiger partial charge in [-0.25, -0.2) is 4.79 Å². The molecule has 0 saturated carbocycles. The van der Waals surface area contributed by atoms with Gasteiger partial charge in [-0.2, -0.15) is 0 Å². The van der Waals surface area contributed by atoms with Crippen molar-refractivity contribution in [3.63, 3.8) is 0 Å². The molecule has 6 heteroatoms. The summed E-state index contributed by atoms with van der Waals surface area (Å²) in [5.74, 6) is 0.523. The zero-order valence-electron chi connectivity index (χ0n) is 16.2. The summed E-state index contributed by atoms with van der Waals surface area (Å²) in [7, 11) is 0. The maximum absolute atomic E-state index is 12.6. The third-order valence-electron chi connectivity index (χ3n) is 4.38. The highest BCUT2D eigenvalue weighted by Crippen LogP contribution is 2.18. The number of aliphatic hydroxyl groups excluding tert-OH is 1.